The minimum atomic E-state index is -0.336. The van der Waals surface area contributed by atoms with Crippen LogP contribution in [0, 0.1) is 24.1 Å². The Bertz CT molecular complexity index is 1320. The standard InChI is InChI=1S/C27H23FN4O/c1-19-4-2-5-21(14-19)18-30-27(33)13-10-24-16-26(22-6-3-7-23(28)15-22)32(31-24)25-11-8-20(17-29)9-12-25/h2-9,11-12,14-16H,10,13,18H2,1H3,(H,30,33). The molecular formula is C27H23FN4O. The smallest absolute Gasteiger partial charge is 0.220 e. The molecule has 1 N–H and O–H groups in total. The van der Waals surface area contributed by atoms with Gasteiger partial charge in [0.05, 0.1) is 28.7 Å². The molecule has 33 heavy (non-hydrogen) atoms. The molecule has 6 heteroatoms. The van der Waals surface area contributed by atoms with Crippen molar-refractivity contribution in [3.8, 4) is 23.0 Å². The topological polar surface area (TPSA) is 70.7 Å². The van der Waals surface area contributed by atoms with Gasteiger partial charge in [0.2, 0.25) is 5.91 Å². The average Bonchev–Trinajstić information content (AvgIpc) is 3.26. The van der Waals surface area contributed by atoms with Crippen LogP contribution in [0.2, 0.25) is 0 Å². The lowest BCUT2D eigenvalue weighted by atomic mass is 10.1. The summed E-state index contributed by atoms with van der Waals surface area (Å²) in [4.78, 5) is 12.4. The Morgan fingerprint density at radius 3 is 2.58 bits per heavy atom. The molecule has 1 heterocycles. The first kappa shape index (κ1) is 22.0. The van der Waals surface area contributed by atoms with Crippen LogP contribution in [-0.4, -0.2) is 15.7 Å². The molecule has 164 valence electrons. The molecule has 3 aromatic carbocycles. The summed E-state index contributed by atoms with van der Waals surface area (Å²) in [5.41, 5.74) is 5.63. The molecule has 0 aliphatic carbocycles. The van der Waals surface area contributed by atoms with Crippen molar-refractivity contribution in [1.82, 2.24) is 15.1 Å². The second-order valence-electron chi connectivity index (χ2n) is 7.87. The first-order chi connectivity index (χ1) is 16.0. The van der Waals surface area contributed by atoms with Gasteiger partial charge in [-0.2, -0.15) is 10.4 Å². The van der Waals surface area contributed by atoms with E-state index in [2.05, 4.69) is 16.5 Å². The Labute approximate surface area is 192 Å². The van der Waals surface area contributed by atoms with E-state index in [0.29, 0.717) is 30.5 Å². The summed E-state index contributed by atoms with van der Waals surface area (Å²) in [6.45, 7) is 2.50. The van der Waals surface area contributed by atoms with Gasteiger partial charge >= 0.3 is 0 Å². The summed E-state index contributed by atoms with van der Waals surface area (Å²) < 4.78 is 15.6. The van der Waals surface area contributed by atoms with Gasteiger partial charge in [-0.25, -0.2) is 9.07 Å². The molecular weight excluding hydrogens is 415 g/mol. The number of nitriles is 1. The highest BCUT2D eigenvalue weighted by molar-refractivity contribution is 5.76. The van der Waals surface area contributed by atoms with Crippen molar-refractivity contribution in [2.24, 2.45) is 0 Å². The normalized spacial score (nSPS) is 10.6. The number of amides is 1. The zero-order chi connectivity index (χ0) is 23.2. The second-order valence-corrected chi connectivity index (χ2v) is 7.87. The van der Waals surface area contributed by atoms with E-state index in [0.717, 1.165) is 28.2 Å². The van der Waals surface area contributed by atoms with Crippen molar-refractivity contribution >= 4 is 5.91 Å². The number of aromatic nitrogens is 2. The summed E-state index contributed by atoms with van der Waals surface area (Å²) in [6, 6.07) is 25.3. The summed E-state index contributed by atoms with van der Waals surface area (Å²) in [5, 5.41) is 16.7. The van der Waals surface area contributed by atoms with Crippen LogP contribution >= 0.6 is 0 Å². The predicted molar refractivity (Wildman–Crippen MR) is 125 cm³/mol. The third-order valence-corrected chi connectivity index (χ3v) is 5.30. The molecule has 1 aromatic heterocycles. The van der Waals surface area contributed by atoms with E-state index < -0.39 is 0 Å². The number of carbonyl (C=O) groups excluding carboxylic acids is 1. The molecule has 5 nitrogen and oxygen atoms in total. The Kier molecular flexibility index (Phi) is 6.61. The van der Waals surface area contributed by atoms with Crippen LogP contribution in [-0.2, 0) is 17.8 Å². The van der Waals surface area contributed by atoms with Crippen LogP contribution < -0.4 is 5.32 Å². The Morgan fingerprint density at radius 1 is 1.06 bits per heavy atom. The highest BCUT2D eigenvalue weighted by Crippen LogP contribution is 2.25. The number of carbonyl (C=O) groups is 1. The van der Waals surface area contributed by atoms with Gasteiger partial charge in [-0.3, -0.25) is 4.79 Å². The van der Waals surface area contributed by atoms with Crippen molar-refractivity contribution in [1.29, 1.82) is 5.26 Å². The maximum atomic E-state index is 13.9. The van der Waals surface area contributed by atoms with Crippen molar-refractivity contribution < 1.29 is 9.18 Å². The largest absolute Gasteiger partial charge is 0.352 e. The number of hydrogen-bond donors (Lipinski definition) is 1. The molecule has 0 aliphatic heterocycles. The summed E-state index contributed by atoms with van der Waals surface area (Å²) in [6.07, 6.45) is 0.740. The van der Waals surface area contributed by atoms with Crippen LogP contribution in [0.1, 0.15) is 28.8 Å². The maximum absolute atomic E-state index is 13.9. The van der Waals surface area contributed by atoms with Crippen LogP contribution in [0.3, 0.4) is 0 Å². The minimum absolute atomic E-state index is 0.0586. The average molecular weight is 439 g/mol. The zero-order valence-electron chi connectivity index (χ0n) is 18.3. The van der Waals surface area contributed by atoms with Gasteiger partial charge in [0, 0.05) is 24.9 Å². The van der Waals surface area contributed by atoms with Gasteiger partial charge in [-0.15, -0.1) is 0 Å². The second kappa shape index (κ2) is 9.92. The monoisotopic (exact) mass is 438 g/mol. The zero-order valence-corrected chi connectivity index (χ0v) is 18.3. The third kappa shape index (κ3) is 5.52. The number of hydrogen-bond acceptors (Lipinski definition) is 3. The van der Waals surface area contributed by atoms with E-state index in [1.165, 1.54) is 12.1 Å². The van der Waals surface area contributed by atoms with E-state index in [1.807, 2.05) is 43.3 Å². The molecule has 0 spiro atoms. The SMILES string of the molecule is Cc1cccc(CNC(=O)CCc2cc(-c3cccc(F)c3)n(-c3ccc(C#N)cc3)n2)c1. The van der Waals surface area contributed by atoms with E-state index in [9.17, 15) is 9.18 Å². The van der Waals surface area contributed by atoms with Gasteiger partial charge in [0.25, 0.3) is 0 Å². The Balaban J connectivity index is 1.52. The predicted octanol–water partition coefficient (Wildman–Crippen LogP) is 5.11. The lowest BCUT2D eigenvalue weighted by Gasteiger charge is -2.08. The fraction of sp³-hybridized carbons (Fsp3) is 0.148. The van der Waals surface area contributed by atoms with Crippen molar-refractivity contribution in [3.63, 3.8) is 0 Å². The minimum Gasteiger partial charge on any atom is -0.352 e. The van der Waals surface area contributed by atoms with Crippen LogP contribution in [0.25, 0.3) is 16.9 Å². The summed E-state index contributed by atoms with van der Waals surface area (Å²) in [7, 11) is 0. The molecule has 0 unspecified atom stereocenters. The van der Waals surface area contributed by atoms with Gasteiger partial charge in [-0.05, 0) is 55.0 Å². The maximum Gasteiger partial charge on any atom is 0.220 e. The van der Waals surface area contributed by atoms with Crippen LogP contribution in [0.5, 0.6) is 0 Å². The quantitative estimate of drug-likeness (QED) is 0.436. The molecule has 0 aliphatic rings. The number of aryl methyl sites for hydroxylation is 2. The molecule has 0 fully saturated rings. The Morgan fingerprint density at radius 2 is 1.85 bits per heavy atom. The molecule has 0 bridgehead atoms. The highest BCUT2D eigenvalue weighted by atomic mass is 19.1. The molecule has 0 saturated carbocycles. The molecule has 0 atom stereocenters. The van der Waals surface area contributed by atoms with Crippen molar-refractivity contribution in [3.05, 3.63) is 107 Å². The van der Waals surface area contributed by atoms with Crippen molar-refractivity contribution in [2.45, 2.75) is 26.3 Å². The van der Waals surface area contributed by atoms with Gasteiger partial charge in [0.1, 0.15) is 5.82 Å². The number of benzene rings is 3. The lowest BCUT2D eigenvalue weighted by molar-refractivity contribution is -0.121. The number of rotatable bonds is 7. The molecule has 0 radical (unpaired) electrons. The summed E-state index contributed by atoms with van der Waals surface area (Å²) in [5.74, 6) is -0.395. The molecule has 1 amide bonds. The fourth-order valence-electron chi connectivity index (χ4n) is 3.63. The third-order valence-electron chi connectivity index (χ3n) is 5.30. The molecule has 4 rings (SSSR count). The van der Waals surface area contributed by atoms with Crippen LogP contribution in [0.4, 0.5) is 4.39 Å². The number of nitrogens with one attached hydrogen (secondary N) is 1. The van der Waals surface area contributed by atoms with E-state index in [1.54, 1.807) is 35.0 Å². The van der Waals surface area contributed by atoms with Gasteiger partial charge in [0.15, 0.2) is 0 Å². The van der Waals surface area contributed by atoms with E-state index >= 15 is 0 Å². The van der Waals surface area contributed by atoms with Gasteiger partial charge < -0.3 is 5.32 Å². The molecule has 4 aromatic rings. The van der Waals surface area contributed by atoms with E-state index in [4.69, 9.17) is 5.26 Å². The fourth-order valence-corrected chi connectivity index (χ4v) is 3.63. The first-order valence-corrected chi connectivity index (χ1v) is 10.7. The number of nitrogens with zero attached hydrogens (tertiary/aromatic N) is 3. The Hall–Kier alpha value is -4.24. The highest BCUT2D eigenvalue weighted by Gasteiger charge is 2.14. The first-order valence-electron chi connectivity index (χ1n) is 10.7. The molecule has 0 saturated heterocycles. The summed E-state index contributed by atoms with van der Waals surface area (Å²) >= 11 is 0. The number of halogens is 1. The lowest BCUT2D eigenvalue weighted by Crippen LogP contribution is -2.23. The van der Waals surface area contributed by atoms with Crippen LogP contribution in [0.15, 0.2) is 78.9 Å². The van der Waals surface area contributed by atoms with Gasteiger partial charge in [-0.1, -0.05) is 42.0 Å². The van der Waals surface area contributed by atoms with Crippen molar-refractivity contribution in [2.75, 3.05) is 0 Å². The van der Waals surface area contributed by atoms with E-state index in [-0.39, 0.29) is 11.7 Å².